The van der Waals surface area contributed by atoms with E-state index >= 15 is 0 Å². The molecule has 1 aromatic rings. The molecule has 0 bridgehead atoms. The molecule has 1 heterocycles. The number of aromatic carboxylic acids is 1. The first-order valence-electron chi connectivity index (χ1n) is 3.42. The lowest BCUT2D eigenvalue weighted by molar-refractivity contribution is 0.0694. The van der Waals surface area contributed by atoms with E-state index in [9.17, 15) is 4.79 Å². The van der Waals surface area contributed by atoms with E-state index in [0.29, 0.717) is 5.76 Å². The van der Waals surface area contributed by atoms with Gasteiger partial charge in [0.05, 0.1) is 0 Å². The Hall–Kier alpha value is -1.03. The van der Waals surface area contributed by atoms with Crippen LogP contribution in [0.4, 0.5) is 0 Å². The Morgan fingerprint density at radius 3 is 2.58 bits per heavy atom. The highest BCUT2D eigenvalue weighted by Gasteiger charge is 2.22. The van der Waals surface area contributed by atoms with Crippen molar-refractivity contribution in [1.82, 2.24) is 5.16 Å². The zero-order chi connectivity index (χ0) is 9.30. The molecular weight excluding hydrogens is 182 g/mol. The second kappa shape index (κ2) is 3.15. The summed E-state index contributed by atoms with van der Waals surface area (Å²) in [7, 11) is 0. The number of rotatable bonds is 2. The second-order valence-corrected chi connectivity index (χ2v) is 3.03. The summed E-state index contributed by atoms with van der Waals surface area (Å²) in [5.74, 6) is -0.825. The normalized spacial score (nSPS) is 10.7. The molecule has 0 aromatic carbocycles. The number of nitrogens with zero attached hydrogens (tertiary/aromatic N) is 1. The van der Waals surface area contributed by atoms with E-state index in [4.69, 9.17) is 21.2 Å². The highest BCUT2D eigenvalue weighted by Crippen LogP contribution is 2.25. The average molecular weight is 190 g/mol. The zero-order valence-corrected chi connectivity index (χ0v) is 7.42. The minimum atomic E-state index is -1.11. The molecule has 0 aliphatic carbocycles. The molecule has 0 saturated carbocycles. The zero-order valence-electron chi connectivity index (χ0n) is 6.67. The minimum Gasteiger partial charge on any atom is -0.477 e. The molecule has 0 atom stereocenters. The molecule has 0 aliphatic rings. The van der Waals surface area contributed by atoms with Gasteiger partial charge in [-0.25, -0.2) is 4.79 Å². The summed E-state index contributed by atoms with van der Waals surface area (Å²) in [6, 6.07) is 0. The molecule has 0 radical (unpaired) electrons. The topological polar surface area (TPSA) is 63.3 Å². The van der Waals surface area contributed by atoms with Crippen molar-refractivity contribution >= 4 is 17.6 Å². The van der Waals surface area contributed by atoms with Crippen LogP contribution in [-0.2, 0) is 0 Å². The highest BCUT2D eigenvalue weighted by atomic mass is 35.5. The number of halogens is 1. The van der Waals surface area contributed by atoms with Crippen LogP contribution in [0.5, 0.6) is 0 Å². The number of carbonyl (C=O) groups is 1. The van der Waals surface area contributed by atoms with Gasteiger partial charge < -0.3 is 9.63 Å². The molecule has 1 rings (SSSR count). The molecule has 66 valence electrons. The standard InChI is InChI=1S/C7H8ClNO3/c1-3(2)5-4(7(10)11)6(8)9-12-5/h3H,1-2H3,(H,10,11). The van der Waals surface area contributed by atoms with Gasteiger partial charge in [0.2, 0.25) is 0 Å². The van der Waals surface area contributed by atoms with Gasteiger partial charge in [0, 0.05) is 5.92 Å². The summed E-state index contributed by atoms with van der Waals surface area (Å²) in [5, 5.41) is 12.0. The van der Waals surface area contributed by atoms with E-state index in [-0.39, 0.29) is 16.6 Å². The van der Waals surface area contributed by atoms with Crippen LogP contribution in [0.1, 0.15) is 35.9 Å². The quantitative estimate of drug-likeness (QED) is 0.774. The van der Waals surface area contributed by atoms with Crippen LogP contribution >= 0.6 is 11.6 Å². The van der Waals surface area contributed by atoms with Crippen molar-refractivity contribution in [3.8, 4) is 0 Å². The largest absolute Gasteiger partial charge is 0.477 e. The Balaban J connectivity index is 3.21. The lowest BCUT2D eigenvalue weighted by Crippen LogP contribution is -2.00. The van der Waals surface area contributed by atoms with Crippen LogP contribution in [0.3, 0.4) is 0 Å². The third-order valence-corrected chi connectivity index (χ3v) is 1.67. The van der Waals surface area contributed by atoms with Gasteiger partial charge in [0.15, 0.2) is 10.9 Å². The van der Waals surface area contributed by atoms with Gasteiger partial charge in [-0.15, -0.1) is 0 Å². The maximum absolute atomic E-state index is 10.6. The number of hydrogen-bond acceptors (Lipinski definition) is 3. The number of hydrogen-bond donors (Lipinski definition) is 1. The molecular formula is C7H8ClNO3. The molecule has 0 saturated heterocycles. The third-order valence-electron chi connectivity index (χ3n) is 1.42. The van der Waals surface area contributed by atoms with Crippen LogP contribution in [0.25, 0.3) is 0 Å². The molecule has 0 spiro atoms. The van der Waals surface area contributed by atoms with Gasteiger partial charge in [-0.2, -0.15) is 0 Å². The Bertz CT molecular complexity index is 306. The van der Waals surface area contributed by atoms with Crippen LogP contribution < -0.4 is 0 Å². The molecule has 0 amide bonds. The summed E-state index contributed by atoms with van der Waals surface area (Å²) in [6.45, 7) is 3.62. The van der Waals surface area contributed by atoms with E-state index in [0.717, 1.165) is 0 Å². The molecule has 12 heavy (non-hydrogen) atoms. The first kappa shape index (κ1) is 9.06. The lowest BCUT2D eigenvalue weighted by atomic mass is 10.1. The van der Waals surface area contributed by atoms with Crippen LogP contribution in [0, 0.1) is 0 Å². The van der Waals surface area contributed by atoms with E-state index in [1.54, 1.807) is 0 Å². The van der Waals surface area contributed by atoms with Crippen molar-refractivity contribution in [3.05, 3.63) is 16.5 Å². The summed E-state index contributed by atoms with van der Waals surface area (Å²) in [6.07, 6.45) is 0. The van der Waals surface area contributed by atoms with Gasteiger partial charge >= 0.3 is 5.97 Å². The maximum atomic E-state index is 10.6. The van der Waals surface area contributed by atoms with Gasteiger partial charge in [-0.05, 0) is 0 Å². The molecule has 0 unspecified atom stereocenters. The van der Waals surface area contributed by atoms with E-state index in [1.165, 1.54) is 0 Å². The van der Waals surface area contributed by atoms with Crippen molar-refractivity contribution in [2.45, 2.75) is 19.8 Å². The monoisotopic (exact) mass is 189 g/mol. The molecule has 0 fully saturated rings. The van der Waals surface area contributed by atoms with Crippen LogP contribution in [0.15, 0.2) is 4.52 Å². The van der Waals surface area contributed by atoms with Crippen molar-refractivity contribution < 1.29 is 14.4 Å². The fourth-order valence-corrected chi connectivity index (χ4v) is 1.08. The predicted molar refractivity (Wildman–Crippen MR) is 42.6 cm³/mol. The van der Waals surface area contributed by atoms with Crippen LogP contribution in [0.2, 0.25) is 5.15 Å². The Morgan fingerprint density at radius 2 is 2.25 bits per heavy atom. The predicted octanol–water partition coefficient (Wildman–Crippen LogP) is 2.15. The van der Waals surface area contributed by atoms with Gasteiger partial charge in [0.1, 0.15) is 5.56 Å². The van der Waals surface area contributed by atoms with Crippen molar-refractivity contribution in [1.29, 1.82) is 0 Å². The van der Waals surface area contributed by atoms with E-state index in [2.05, 4.69) is 5.16 Å². The maximum Gasteiger partial charge on any atom is 0.342 e. The number of carboxylic acids is 1. The SMILES string of the molecule is CC(C)c1onc(Cl)c1C(=O)O. The summed E-state index contributed by atoms with van der Waals surface area (Å²) in [4.78, 5) is 10.6. The van der Waals surface area contributed by atoms with Crippen molar-refractivity contribution in [3.63, 3.8) is 0 Å². The Labute approximate surface area is 74.1 Å². The fourth-order valence-electron chi connectivity index (χ4n) is 0.870. The Kier molecular flexibility index (Phi) is 2.38. The molecule has 5 heteroatoms. The number of aromatic nitrogens is 1. The second-order valence-electron chi connectivity index (χ2n) is 2.67. The summed E-state index contributed by atoms with van der Waals surface area (Å²) >= 11 is 5.50. The third kappa shape index (κ3) is 1.43. The highest BCUT2D eigenvalue weighted by molar-refractivity contribution is 6.32. The van der Waals surface area contributed by atoms with Crippen LogP contribution in [-0.4, -0.2) is 16.2 Å². The molecule has 1 aromatic heterocycles. The van der Waals surface area contributed by atoms with Crippen molar-refractivity contribution in [2.24, 2.45) is 0 Å². The summed E-state index contributed by atoms with van der Waals surface area (Å²) in [5.41, 5.74) is -0.0355. The first-order chi connectivity index (χ1) is 5.54. The van der Waals surface area contributed by atoms with Gasteiger partial charge in [-0.3, -0.25) is 0 Å². The Morgan fingerprint density at radius 1 is 1.67 bits per heavy atom. The van der Waals surface area contributed by atoms with Gasteiger partial charge in [0.25, 0.3) is 0 Å². The average Bonchev–Trinajstić information content (AvgIpc) is 2.30. The fraction of sp³-hybridized carbons (Fsp3) is 0.429. The van der Waals surface area contributed by atoms with E-state index in [1.807, 2.05) is 13.8 Å². The minimum absolute atomic E-state index is 0.0314. The smallest absolute Gasteiger partial charge is 0.342 e. The van der Waals surface area contributed by atoms with E-state index < -0.39 is 5.97 Å². The lowest BCUT2D eigenvalue weighted by Gasteiger charge is -1.98. The summed E-state index contributed by atoms with van der Waals surface area (Å²) < 4.78 is 4.76. The van der Waals surface area contributed by atoms with Gasteiger partial charge in [-0.1, -0.05) is 30.6 Å². The molecule has 1 N–H and O–H groups in total. The molecule has 4 nitrogen and oxygen atoms in total. The molecule has 0 aliphatic heterocycles. The number of carboxylic acid groups (broad SMARTS) is 1. The first-order valence-corrected chi connectivity index (χ1v) is 3.80. The van der Waals surface area contributed by atoms with Crippen molar-refractivity contribution in [2.75, 3.05) is 0 Å².